The monoisotopic (exact) mass is 391 g/mol. The van der Waals surface area contributed by atoms with Crippen LogP contribution in [0.2, 0.25) is 0 Å². The standard InChI is InChI=1S/C23H21NO3S/c1-13-21(23(26)27)24-19(25)12-17(20(15-9-10-15)22(24)28-13)11-16-7-4-6-14-5-2-3-8-18(14)16/h2-8,12-13,15,21H,9-11H2,1H3,(H,26,27). The number of rotatable bonds is 4. The molecule has 142 valence electrons. The molecular formula is C23H21NO3S. The molecule has 4 nitrogen and oxygen atoms in total. The first-order valence-electron chi connectivity index (χ1n) is 9.69. The van der Waals surface area contributed by atoms with Crippen molar-refractivity contribution in [2.45, 2.75) is 48.4 Å². The van der Waals surface area contributed by atoms with E-state index in [2.05, 4.69) is 30.3 Å². The highest BCUT2D eigenvalue weighted by Crippen LogP contribution is 2.50. The third-order valence-corrected chi connectivity index (χ3v) is 7.12. The van der Waals surface area contributed by atoms with Crippen LogP contribution in [0, 0.1) is 0 Å². The van der Waals surface area contributed by atoms with Crippen LogP contribution >= 0.6 is 11.8 Å². The van der Waals surface area contributed by atoms with Gasteiger partial charge in [0.1, 0.15) is 6.04 Å². The number of carboxylic acid groups (broad SMARTS) is 1. The number of benzene rings is 2. The minimum atomic E-state index is -0.926. The van der Waals surface area contributed by atoms with Crippen molar-refractivity contribution in [1.82, 2.24) is 4.57 Å². The fourth-order valence-electron chi connectivity index (χ4n) is 4.42. The number of aromatic nitrogens is 1. The molecule has 1 aliphatic heterocycles. The highest BCUT2D eigenvalue weighted by molar-refractivity contribution is 8.00. The number of fused-ring (bicyclic) bond motifs is 2. The summed E-state index contributed by atoms with van der Waals surface area (Å²) in [6, 6.07) is 15.5. The Labute approximate surface area is 167 Å². The molecule has 0 radical (unpaired) electrons. The summed E-state index contributed by atoms with van der Waals surface area (Å²) in [6.45, 7) is 1.90. The van der Waals surface area contributed by atoms with E-state index in [1.165, 1.54) is 26.5 Å². The Morgan fingerprint density at radius 3 is 2.64 bits per heavy atom. The molecule has 1 N–H and O–H groups in total. The molecule has 1 fully saturated rings. The van der Waals surface area contributed by atoms with Gasteiger partial charge in [0.25, 0.3) is 5.56 Å². The molecule has 2 heterocycles. The zero-order chi connectivity index (χ0) is 19.4. The minimum absolute atomic E-state index is 0.143. The number of thioether (sulfide) groups is 1. The number of carbonyl (C=O) groups is 1. The van der Waals surface area contributed by atoms with E-state index < -0.39 is 12.0 Å². The molecular weight excluding hydrogens is 370 g/mol. The average Bonchev–Trinajstić information content (AvgIpc) is 3.43. The molecule has 2 aromatic carbocycles. The predicted molar refractivity (Wildman–Crippen MR) is 111 cm³/mol. The zero-order valence-electron chi connectivity index (χ0n) is 15.6. The molecule has 1 aromatic heterocycles. The Morgan fingerprint density at radius 2 is 1.89 bits per heavy atom. The Hall–Kier alpha value is -2.53. The molecule has 0 spiro atoms. The van der Waals surface area contributed by atoms with Crippen LogP contribution in [0.15, 0.2) is 58.4 Å². The first-order chi connectivity index (χ1) is 13.5. The van der Waals surface area contributed by atoms with E-state index in [1.54, 1.807) is 17.8 Å². The minimum Gasteiger partial charge on any atom is -0.480 e. The normalized spacial score (nSPS) is 21.0. The number of hydrogen-bond donors (Lipinski definition) is 1. The van der Waals surface area contributed by atoms with Crippen LogP contribution in [-0.2, 0) is 11.2 Å². The Balaban J connectivity index is 1.67. The van der Waals surface area contributed by atoms with Crippen LogP contribution in [0.1, 0.15) is 48.4 Å². The SMILES string of the molecule is CC1Sc2c(C3CC3)c(Cc3cccc4ccccc34)cc(=O)n2C1C(=O)O. The highest BCUT2D eigenvalue weighted by atomic mass is 32.2. The van der Waals surface area contributed by atoms with Crippen LogP contribution in [0.5, 0.6) is 0 Å². The van der Waals surface area contributed by atoms with Crippen molar-refractivity contribution in [2.24, 2.45) is 0 Å². The maximum Gasteiger partial charge on any atom is 0.328 e. The van der Waals surface area contributed by atoms with Gasteiger partial charge in [-0.05, 0) is 52.6 Å². The number of hydrogen-bond acceptors (Lipinski definition) is 3. The van der Waals surface area contributed by atoms with Crippen LogP contribution < -0.4 is 5.56 Å². The predicted octanol–water partition coefficient (Wildman–Crippen LogP) is 4.59. The number of carboxylic acids is 1. The lowest BCUT2D eigenvalue weighted by atomic mass is 9.95. The van der Waals surface area contributed by atoms with Gasteiger partial charge in [0.05, 0.1) is 5.03 Å². The summed E-state index contributed by atoms with van der Waals surface area (Å²) in [5.74, 6) is -0.483. The van der Waals surface area contributed by atoms with Crippen molar-refractivity contribution >= 4 is 28.5 Å². The van der Waals surface area contributed by atoms with Crippen molar-refractivity contribution in [3.63, 3.8) is 0 Å². The summed E-state index contributed by atoms with van der Waals surface area (Å²) in [7, 11) is 0. The molecule has 28 heavy (non-hydrogen) atoms. The molecule has 0 amide bonds. The van der Waals surface area contributed by atoms with Crippen molar-refractivity contribution in [3.05, 3.63) is 75.6 Å². The third kappa shape index (κ3) is 2.76. The molecule has 0 bridgehead atoms. The summed E-state index contributed by atoms with van der Waals surface area (Å²) < 4.78 is 1.53. The lowest BCUT2D eigenvalue weighted by Crippen LogP contribution is -2.31. The van der Waals surface area contributed by atoms with Crippen LogP contribution in [0.3, 0.4) is 0 Å². The maximum atomic E-state index is 12.9. The van der Waals surface area contributed by atoms with Crippen LogP contribution in [0.4, 0.5) is 0 Å². The van der Waals surface area contributed by atoms with E-state index in [9.17, 15) is 14.7 Å². The second-order valence-corrected chi connectivity index (χ2v) is 9.16. The summed E-state index contributed by atoms with van der Waals surface area (Å²) >= 11 is 1.55. The maximum absolute atomic E-state index is 12.9. The van der Waals surface area contributed by atoms with Gasteiger partial charge in [-0.15, -0.1) is 11.8 Å². The van der Waals surface area contributed by atoms with E-state index in [-0.39, 0.29) is 10.8 Å². The Kier molecular flexibility index (Phi) is 4.09. The lowest BCUT2D eigenvalue weighted by Gasteiger charge is -2.17. The lowest BCUT2D eigenvalue weighted by molar-refractivity contribution is -0.140. The average molecular weight is 391 g/mol. The first-order valence-corrected chi connectivity index (χ1v) is 10.6. The zero-order valence-corrected chi connectivity index (χ0v) is 16.4. The number of nitrogens with zero attached hydrogens (tertiary/aromatic N) is 1. The van der Waals surface area contributed by atoms with E-state index in [0.29, 0.717) is 12.3 Å². The summed E-state index contributed by atoms with van der Waals surface area (Å²) in [4.78, 5) is 24.7. The van der Waals surface area contributed by atoms with Crippen molar-refractivity contribution in [2.75, 3.05) is 0 Å². The van der Waals surface area contributed by atoms with Gasteiger partial charge < -0.3 is 5.11 Å². The van der Waals surface area contributed by atoms with Crippen LogP contribution in [0.25, 0.3) is 10.8 Å². The Morgan fingerprint density at radius 1 is 1.14 bits per heavy atom. The fourth-order valence-corrected chi connectivity index (χ4v) is 5.88. The van der Waals surface area contributed by atoms with Gasteiger partial charge in [-0.2, -0.15) is 0 Å². The van der Waals surface area contributed by atoms with E-state index >= 15 is 0 Å². The Bertz CT molecular complexity index is 1160. The van der Waals surface area contributed by atoms with Gasteiger partial charge in [0, 0.05) is 11.3 Å². The topological polar surface area (TPSA) is 59.3 Å². The van der Waals surface area contributed by atoms with E-state index in [0.717, 1.165) is 23.4 Å². The fraction of sp³-hybridized carbons (Fsp3) is 0.304. The van der Waals surface area contributed by atoms with Crippen molar-refractivity contribution < 1.29 is 9.90 Å². The smallest absolute Gasteiger partial charge is 0.328 e. The van der Waals surface area contributed by atoms with E-state index in [4.69, 9.17) is 0 Å². The molecule has 1 aliphatic carbocycles. The molecule has 0 saturated heterocycles. The molecule has 5 rings (SSSR count). The van der Waals surface area contributed by atoms with Gasteiger partial charge in [0.2, 0.25) is 0 Å². The molecule has 2 aliphatic rings. The molecule has 1 saturated carbocycles. The van der Waals surface area contributed by atoms with E-state index in [1.807, 2.05) is 19.1 Å². The first kappa shape index (κ1) is 17.6. The molecule has 2 atom stereocenters. The summed E-state index contributed by atoms with van der Waals surface area (Å²) in [6.07, 6.45) is 2.92. The number of pyridine rings is 1. The van der Waals surface area contributed by atoms with Gasteiger partial charge in [-0.1, -0.05) is 49.4 Å². The largest absolute Gasteiger partial charge is 0.480 e. The third-order valence-electron chi connectivity index (χ3n) is 5.85. The van der Waals surface area contributed by atoms with Gasteiger partial charge in [0.15, 0.2) is 0 Å². The summed E-state index contributed by atoms with van der Waals surface area (Å²) in [5, 5.41) is 12.8. The van der Waals surface area contributed by atoms with Crippen LogP contribution in [-0.4, -0.2) is 20.9 Å². The van der Waals surface area contributed by atoms with Gasteiger partial charge in [-0.25, -0.2) is 4.79 Å². The van der Waals surface area contributed by atoms with Gasteiger partial charge >= 0.3 is 5.97 Å². The summed E-state index contributed by atoms with van der Waals surface area (Å²) in [5.41, 5.74) is 3.27. The highest BCUT2D eigenvalue weighted by Gasteiger charge is 2.41. The second kappa shape index (κ2) is 6.52. The van der Waals surface area contributed by atoms with Crippen molar-refractivity contribution in [3.8, 4) is 0 Å². The number of aliphatic carboxylic acids is 1. The van der Waals surface area contributed by atoms with Gasteiger partial charge in [-0.3, -0.25) is 9.36 Å². The van der Waals surface area contributed by atoms with Crippen molar-refractivity contribution in [1.29, 1.82) is 0 Å². The quantitative estimate of drug-likeness (QED) is 0.707. The molecule has 3 aromatic rings. The molecule has 2 unspecified atom stereocenters. The molecule has 5 heteroatoms. The second-order valence-electron chi connectivity index (χ2n) is 7.79.